The van der Waals surface area contributed by atoms with Crippen molar-refractivity contribution in [3.8, 4) is 0 Å². The summed E-state index contributed by atoms with van der Waals surface area (Å²) in [7, 11) is -4.07. The second-order valence-corrected chi connectivity index (χ2v) is 8.35. The van der Waals surface area contributed by atoms with Crippen molar-refractivity contribution < 1.29 is 32.8 Å². The quantitative estimate of drug-likeness (QED) is 0.814. The fourth-order valence-corrected chi connectivity index (χ4v) is 4.17. The Morgan fingerprint density at radius 3 is 2.35 bits per heavy atom. The van der Waals surface area contributed by atoms with Crippen LogP contribution in [0.3, 0.4) is 0 Å². The highest BCUT2D eigenvalue weighted by molar-refractivity contribution is 7.92. The summed E-state index contributed by atoms with van der Waals surface area (Å²) >= 11 is 0. The number of hydrogen-bond donors (Lipinski definition) is 2. The van der Waals surface area contributed by atoms with Gasteiger partial charge >= 0.3 is 0 Å². The highest BCUT2D eigenvalue weighted by Gasteiger charge is 2.57. The Morgan fingerprint density at radius 2 is 1.78 bits per heavy atom. The van der Waals surface area contributed by atoms with Gasteiger partial charge in [0.05, 0.1) is 4.90 Å². The van der Waals surface area contributed by atoms with Crippen molar-refractivity contribution in [1.82, 2.24) is 0 Å². The Balaban J connectivity index is 1.81. The molecule has 2 aliphatic heterocycles. The molecule has 7 nitrogen and oxygen atoms in total. The molecule has 2 N–H and O–H groups in total. The number of aliphatic hydroxyl groups excluding tert-OH is 2. The Kier molecular flexibility index (Phi) is 4.03. The van der Waals surface area contributed by atoms with E-state index in [1.54, 1.807) is 26.0 Å². The maximum absolute atomic E-state index is 12.5. The first-order valence-electron chi connectivity index (χ1n) is 7.30. The highest BCUT2D eigenvalue weighted by atomic mass is 32.2. The van der Waals surface area contributed by atoms with E-state index in [9.17, 15) is 18.6 Å². The monoisotopic (exact) mass is 344 g/mol. The lowest BCUT2D eigenvalue weighted by Crippen LogP contribution is -2.44. The van der Waals surface area contributed by atoms with Gasteiger partial charge in [0.15, 0.2) is 17.5 Å². The van der Waals surface area contributed by atoms with Crippen molar-refractivity contribution in [2.24, 2.45) is 0 Å². The Labute approximate surface area is 134 Å². The molecule has 2 saturated heterocycles. The van der Waals surface area contributed by atoms with Gasteiger partial charge in [0.2, 0.25) is 9.84 Å². The molecule has 2 heterocycles. The van der Waals surface area contributed by atoms with Crippen LogP contribution in [-0.4, -0.2) is 54.5 Å². The van der Waals surface area contributed by atoms with E-state index >= 15 is 0 Å². The second-order valence-electron chi connectivity index (χ2n) is 6.31. The third-order valence-corrected chi connectivity index (χ3v) is 5.83. The van der Waals surface area contributed by atoms with Gasteiger partial charge < -0.3 is 24.4 Å². The molecule has 3 rings (SSSR count). The molecule has 0 spiro atoms. The molecule has 1 unspecified atom stereocenters. The lowest BCUT2D eigenvalue weighted by atomic mass is 10.1. The number of rotatable bonds is 3. The standard InChI is InChI=1S/C15H20O7S/c1-8-4-6-9(7-5-8)23(18,19)13(17)11-10(16)12-14(20-11)22-15(2,3)21-12/h4-7,10-14,16-17H,1-3H3/t10-,11-,12-,13?,14+/m0/s1. The molecule has 1 aromatic rings. The van der Waals surface area contributed by atoms with Gasteiger partial charge in [-0.1, -0.05) is 17.7 Å². The van der Waals surface area contributed by atoms with Crippen LogP contribution < -0.4 is 0 Å². The molecule has 0 aromatic heterocycles. The van der Waals surface area contributed by atoms with Crippen LogP contribution in [0.4, 0.5) is 0 Å². The third kappa shape index (κ3) is 2.90. The summed E-state index contributed by atoms with van der Waals surface area (Å²) in [6, 6.07) is 6.09. The topological polar surface area (TPSA) is 102 Å². The zero-order valence-electron chi connectivity index (χ0n) is 13.0. The van der Waals surface area contributed by atoms with Gasteiger partial charge in [-0.3, -0.25) is 0 Å². The second kappa shape index (κ2) is 5.51. The Hall–Kier alpha value is -1.03. The van der Waals surface area contributed by atoms with Crippen molar-refractivity contribution in [3.63, 3.8) is 0 Å². The van der Waals surface area contributed by atoms with E-state index in [1.807, 2.05) is 6.92 Å². The average molecular weight is 344 g/mol. The number of aryl methyl sites for hydroxylation is 1. The van der Waals surface area contributed by atoms with Gasteiger partial charge in [0.1, 0.15) is 18.3 Å². The molecular formula is C15H20O7S. The summed E-state index contributed by atoms with van der Waals surface area (Å²) in [6.45, 7) is 5.15. The van der Waals surface area contributed by atoms with E-state index in [1.165, 1.54) is 12.1 Å². The van der Waals surface area contributed by atoms with Gasteiger partial charge in [-0.05, 0) is 32.9 Å². The van der Waals surface area contributed by atoms with Crippen molar-refractivity contribution in [2.45, 2.75) is 61.5 Å². The molecule has 1 aromatic carbocycles. The number of benzene rings is 1. The lowest BCUT2D eigenvalue weighted by Gasteiger charge is -2.25. The average Bonchev–Trinajstić information content (AvgIpc) is 2.92. The summed E-state index contributed by atoms with van der Waals surface area (Å²) in [5.41, 5.74) is -1.02. The fourth-order valence-electron chi connectivity index (χ4n) is 2.80. The van der Waals surface area contributed by atoms with E-state index in [0.717, 1.165) is 5.56 Å². The molecule has 8 heteroatoms. The van der Waals surface area contributed by atoms with Gasteiger partial charge in [0.25, 0.3) is 0 Å². The van der Waals surface area contributed by atoms with Gasteiger partial charge in [0, 0.05) is 0 Å². The first-order chi connectivity index (χ1) is 10.6. The number of sulfone groups is 1. The maximum Gasteiger partial charge on any atom is 0.207 e. The van der Waals surface area contributed by atoms with Gasteiger partial charge in [-0.15, -0.1) is 0 Å². The van der Waals surface area contributed by atoms with Crippen molar-refractivity contribution in [3.05, 3.63) is 29.8 Å². The van der Waals surface area contributed by atoms with E-state index < -0.39 is 45.7 Å². The molecule has 23 heavy (non-hydrogen) atoms. The number of aliphatic hydroxyl groups is 2. The first kappa shape index (κ1) is 16.8. The number of fused-ring (bicyclic) bond motifs is 1. The minimum Gasteiger partial charge on any atom is -0.387 e. The van der Waals surface area contributed by atoms with Crippen LogP contribution in [0, 0.1) is 6.92 Å². The minimum absolute atomic E-state index is 0.0365. The molecule has 0 saturated carbocycles. The number of ether oxygens (including phenoxy) is 3. The Morgan fingerprint density at radius 1 is 1.17 bits per heavy atom. The van der Waals surface area contributed by atoms with Gasteiger partial charge in [-0.25, -0.2) is 8.42 Å². The molecule has 0 radical (unpaired) electrons. The molecule has 0 amide bonds. The third-order valence-electron chi connectivity index (χ3n) is 4.00. The van der Waals surface area contributed by atoms with Crippen LogP contribution in [0.25, 0.3) is 0 Å². The molecule has 0 bridgehead atoms. The summed E-state index contributed by atoms with van der Waals surface area (Å²) in [4.78, 5) is -0.0365. The van der Waals surface area contributed by atoms with Gasteiger partial charge in [-0.2, -0.15) is 0 Å². The van der Waals surface area contributed by atoms with Crippen LogP contribution in [0.5, 0.6) is 0 Å². The van der Waals surface area contributed by atoms with Crippen LogP contribution in [0.2, 0.25) is 0 Å². The van der Waals surface area contributed by atoms with Crippen LogP contribution in [0.1, 0.15) is 19.4 Å². The van der Waals surface area contributed by atoms with E-state index in [-0.39, 0.29) is 4.90 Å². The molecule has 2 fully saturated rings. The van der Waals surface area contributed by atoms with Crippen molar-refractivity contribution >= 4 is 9.84 Å². The summed E-state index contributed by atoms with van der Waals surface area (Å²) < 4.78 is 41.3. The highest BCUT2D eigenvalue weighted by Crippen LogP contribution is 2.39. The van der Waals surface area contributed by atoms with E-state index in [2.05, 4.69) is 0 Å². The first-order valence-corrected chi connectivity index (χ1v) is 8.84. The number of hydrogen-bond acceptors (Lipinski definition) is 7. The lowest BCUT2D eigenvalue weighted by molar-refractivity contribution is -0.220. The normalized spacial score (nSPS) is 34.3. The zero-order chi connectivity index (χ0) is 17.0. The van der Waals surface area contributed by atoms with Crippen LogP contribution >= 0.6 is 0 Å². The molecule has 0 aliphatic carbocycles. The van der Waals surface area contributed by atoms with Crippen molar-refractivity contribution in [1.29, 1.82) is 0 Å². The predicted molar refractivity (Wildman–Crippen MR) is 79.1 cm³/mol. The van der Waals surface area contributed by atoms with Crippen molar-refractivity contribution in [2.75, 3.05) is 0 Å². The van der Waals surface area contributed by atoms with E-state index in [4.69, 9.17) is 14.2 Å². The SMILES string of the molecule is Cc1ccc(S(=O)(=O)C(O)[C@H]2O[C@@H]3OC(C)(C)O[C@H]3[C@H]2O)cc1. The van der Waals surface area contributed by atoms with Crippen LogP contribution in [-0.2, 0) is 24.0 Å². The molecule has 128 valence electrons. The maximum atomic E-state index is 12.5. The smallest absolute Gasteiger partial charge is 0.207 e. The molecular weight excluding hydrogens is 324 g/mol. The molecule has 2 aliphatic rings. The largest absolute Gasteiger partial charge is 0.387 e. The van der Waals surface area contributed by atoms with Crippen LogP contribution in [0.15, 0.2) is 29.2 Å². The fraction of sp³-hybridized carbons (Fsp3) is 0.600. The summed E-state index contributed by atoms with van der Waals surface area (Å²) in [5, 5.41) is 20.5. The van der Waals surface area contributed by atoms with E-state index in [0.29, 0.717) is 0 Å². The minimum atomic E-state index is -4.07. The zero-order valence-corrected chi connectivity index (χ0v) is 13.9. The Bertz CT molecular complexity index is 682. The predicted octanol–water partition coefficient (Wildman–Crippen LogP) is 0.324. The summed E-state index contributed by atoms with van der Waals surface area (Å²) in [5.74, 6) is -0.929. The summed E-state index contributed by atoms with van der Waals surface area (Å²) in [6.07, 6.45) is -4.39. The molecule has 5 atom stereocenters.